The minimum Gasteiger partial charge on any atom is -0.392 e. The largest absolute Gasteiger partial charge is 0.392 e. The van der Waals surface area contributed by atoms with E-state index in [0.29, 0.717) is 22.5 Å². The molecule has 1 aromatic rings. The Hall–Kier alpha value is -0.430. The van der Waals surface area contributed by atoms with Gasteiger partial charge in [-0.25, -0.2) is 13.1 Å². The van der Waals surface area contributed by atoms with E-state index in [1.54, 1.807) is 6.07 Å². The van der Waals surface area contributed by atoms with E-state index in [1.165, 1.54) is 18.9 Å². The Morgan fingerprint density at radius 1 is 1.35 bits per heavy atom. The number of aryl methyl sites for hydroxylation is 1. The van der Waals surface area contributed by atoms with Crippen molar-refractivity contribution in [3.05, 3.63) is 27.7 Å². The summed E-state index contributed by atoms with van der Waals surface area (Å²) in [5, 5.41) is 9.22. The number of benzene rings is 1. The molecule has 1 aliphatic carbocycles. The zero-order chi connectivity index (χ0) is 14.8. The van der Waals surface area contributed by atoms with E-state index < -0.39 is 10.0 Å². The molecular weight excluding hydrogens is 342 g/mol. The molecule has 1 aromatic carbocycles. The third kappa shape index (κ3) is 3.61. The Morgan fingerprint density at radius 2 is 2.00 bits per heavy atom. The molecule has 20 heavy (non-hydrogen) atoms. The van der Waals surface area contributed by atoms with Crippen molar-refractivity contribution in [3.8, 4) is 0 Å². The van der Waals surface area contributed by atoms with E-state index >= 15 is 0 Å². The summed E-state index contributed by atoms with van der Waals surface area (Å²) in [5.74, 6) is 0.450. The molecule has 1 saturated carbocycles. The zero-order valence-electron chi connectivity index (χ0n) is 11.5. The molecule has 112 valence electrons. The predicted octanol–water partition coefficient (Wildman–Crippen LogP) is 2.72. The molecule has 1 aliphatic rings. The van der Waals surface area contributed by atoms with Gasteiger partial charge in [-0.15, -0.1) is 0 Å². The van der Waals surface area contributed by atoms with E-state index in [4.69, 9.17) is 0 Å². The lowest BCUT2D eigenvalue weighted by molar-refractivity contribution is 0.281. The number of aliphatic hydroxyl groups excluding tert-OH is 1. The van der Waals surface area contributed by atoms with Crippen LogP contribution in [0.5, 0.6) is 0 Å². The molecule has 0 bridgehead atoms. The van der Waals surface area contributed by atoms with Gasteiger partial charge in [0.25, 0.3) is 0 Å². The average Bonchev–Trinajstić information content (AvgIpc) is 2.92. The monoisotopic (exact) mass is 361 g/mol. The van der Waals surface area contributed by atoms with Gasteiger partial charge in [0.15, 0.2) is 0 Å². The Labute approximate surface area is 128 Å². The second kappa shape index (κ2) is 6.56. The summed E-state index contributed by atoms with van der Waals surface area (Å²) >= 11 is 3.33. The topological polar surface area (TPSA) is 66.4 Å². The van der Waals surface area contributed by atoms with Gasteiger partial charge in [0.1, 0.15) is 0 Å². The van der Waals surface area contributed by atoms with Gasteiger partial charge in [-0.1, -0.05) is 18.9 Å². The Balaban J connectivity index is 2.21. The smallest absolute Gasteiger partial charge is 0.241 e. The molecule has 2 rings (SSSR count). The van der Waals surface area contributed by atoms with Crippen molar-refractivity contribution >= 4 is 26.0 Å². The first kappa shape index (κ1) is 15.9. The number of rotatable bonds is 5. The van der Waals surface area contributed by atoms with Crippen LogP contribution in [-0.2, 0) is 16.6 Å². The summed E-state index contributed by atoms with van der Waals surface area (Å²) in [6, 6.07) is 3.30. The number of halogens is 1. The SMILES string of the molecule is Cc1cc(CO)cc(S(=O)(=O)NCC2CCCC2)c1Br. The van der Waals surface area contributed by atoms with Gasteiger partial charge in [0, 0.05) is 11.0 Å². The highest BCUT2D eigenvalue weighted by Gasteiger charge is 2.22. The molecule has 0 atom stereocenters. The second-order valence-electron chi connectivity index (χ2n) is 5.39. The van der Waals surface area contributed by atoms with Crippen molar-refractivity contribution in [2.24, 2.45) is 5.92 Å². The van der Waals surface area contributed by atoms with E-state index in [2.05, 4.69) is 20.7 Å². The summed E-state index contributed by atoms with van der Waals surface area (Å²) in [7, 11) is -3.54. The predicted molar refractivity (Wildman–Crippen MR) is 81.9 cm³/mol. The highest BCUT2D eigenvalue weighted by molar-refractivity contribution is 9.10. The standard InChI is InChI=1S/C14H20BrNO3S/c1-10-6-12(9-17)7-13(14(10)15)20(18,19)16-8-11-4-2-3-5-11/h6-7,11,16-17H,2-5,8-9H2,1H3. The van der Waals surface area contributed by atoms with Gasteiger partial charge in [-0.3, -0.25) is 0 Å². The summed E-state index contributed by atoms with van der Waals surface area (Å²) in [6.45, 7) is 2.15. The molecule has 6 heteroatoms. The van der Waals surface area contributed by atoms with E-state index in [9.17, 15) is 13.5 Å². The van der Waals surface area contributed by atoms with Crippen LogP contribution < -0.4 is 4.72 Å². The number of sulfonamides is 1. The van der Waals surface area contributed by atoms with Gasteiger partial charge in [0.2, 0.25) is 10.0 Å². The molecule has 0 aliphatic heterocycles. The normalized spacial score (nSPS) is 16.8. The van der Waals surface area contributed by atoms with Crippen molar-refractivity contribution in [1.29, 1.82) is 0 Å². The Bertz CT molecular complexity index is 580. The van der Waals surface area contributed by atoms with Crippen LogP contribution >= 0.6 is 15.9 Å². The zero-order valence-corrected chi connectivity index (χ0v) is 13.9. The van der Waals surface area contributed by atoms with E-state index in [-0.39, 0.29) is 11.5 Å². The lowest BCUT2D eigenvalue weighted by Crippen LogP contribution is -2.29. The maximum atomic E-state index is 12.4. The Kier molecular flexibility index (Phi) is 5.23. The number of hydrogen-bond donors (Lipinski definition) is 2. The first-order chi connectivity index (χ1) is 9.44. The van der Waals surface area contributed by atoms with Crippen LogP contribution in [0.15, 0.2) is 21.5 Å². The third-order valence-electron chi connectivity index (χ3n) is 3.79. The van der Waals surface area contributed by atoms with Crippen LogP contribution in [-0.4, -0.2) is 20.1 Å². The summed E-state index contributed by atoms with van der Waals surface area (Å²) in [4.78, 5) is 0.208. The lowest BCUT2D eigenvalue weighted by atomic mass is 10.1. The maximum absolute atomic E-state index is 12.4. The molecule has 0 aromatic heterocycles. The van der Waals surface area contributed by atoms with Crippen LogP contribution in [0, 0.1) is 12.8 Å². The fourth-order valence-electron chi connectivity index (χ4n) is 2.62. The van der Waals surface area contributed by atoms with Gasteiger partial charge in [-0.05, 0) is 58.8 Å². The molecule has 0 amide bonds. The van der Waals surface area contributed by atoms with Crippen molar-refractivity contribution in [3.63, 3.8) is 0 Å². The van der Waals surface area contributed by atoms with Crippen LogP contribution in [0.1, 0.15) is 36.8 Å². The van der Waals surface area contributed by atoms with Gasteiger partial charge in [-0.2, -0.15) is 0 Å². The molecule has 0 radical (unpaired) electrons. The molecule has 0 heterocycles. The first-order valence-corrected chi connectivity index (χ1v) is 9.11. The van der Waals surface area contributed by atoms with Crippen LogP contribution in [0.2, 0.25) is 0 Å². The average molecular weight is 362 g/mol. The molecule has 2 N–H and O–H groups in total. The molecule has 0 spiro atoms. The quantitative estimate of drug-likeness (QED) is 0.847. The maximum Gasteiger partial charge on any atom is 0.241 e. The molecule has 4 nitrogen and oxygen atoms in total. The van der Waals surface area contributed by atoms with Gasteiger partial charge in [0.05, 0.1) is 11.5 Å². The van der Waals surface area contributed by atoms with Crippen LogP contribution in [0.4, 0.5) is 0 Å². The van der Waals surface area contributed by atoms with Crippen molar-refractivity contribution in [1.82, 2.24) is 4.72 Å². The third-order valence-corrected chi connectivity index (χ3v) is 6.55. The summed E-state index contributed by atoms with van der Waals surface area (Å²) < 4.78 is 28.1. The fraction of sp³-hybridized carbons (Fsp3) is 0.571. The molecule has 0 unspecified atom stereocenters. The first-order valence-electron chi connectivity index (χ1n) is 6.83. The number of hydrogen-bond acceptors (Lipinski definition) is 3. The highest BCUT2D eigenvalue weighted by atomic mass is 79.9. The van der Waals surface area contributed by atoms with E-state index in [1.807, 2.05) is 6.92 Å². The summed E-state index contributed by atoms with van der Waals surface area (Å²) in [6.07, 6.45) is 4.57. The minimum atomic E-state index is -3.54. The second-order valence-corrected chi connectivity index (χ2v) is 7.91. The van der Waals surface area contributed by atoms with Crippen LogP contribution in [0.25, 0.3) is 0 Å². The fourth-order valence-corrected chi connectivity index (χ4v) is 4.80. The number of nitrogens with one attached hydrogen (secondary N) is 1. The number of aliphatic hydroxyl groups is 1. The van der Waals surface area contributed by atoms with Crippen molar-refractivity contribution in [2.45, 2.75) is 44.1 Å². The Morgan fingerprint density at radius 3 is 2.60 bits per heavy atom. The minimum absolute atomic E-state index is 0.167. The molecule has 0 saturated heterocycles. The summed E-state index contributed by atoms with van der Waals surface area (Å²) in [5.41, 5.74) is 1.41. The van der Waals surface area contributed by atoms with Crippen molar-refractivity contribution in [2.75, 3.05) is 6.54 Å². The van der Waals surface area contributed by atoms with Gasteiger partial charge < -0.3 is 5.11 Å². The van der Waals surface area contributed by atoms with Crippen molar-refractivity contribution < 1.29 is 13.5 Å². The molecule has 1 fully saturated rings. The lowest BCUT2D eigenvalue weighted by Gasteiger charge is -2.14. The highest BCUT2D eigenvalue weighted by Crippen LogP contribution is 2.28. The van der Waals surface area contributed by atoms with Gasteiger partial charge >= 0.3 is 0 Å². The van der Waals surface area contributed by atoms with E-state index in [0.717, 1.165) is 18.4 Å². The molecular formula is C14H20BrNO3S. The van der Waals surface area contributed by atoms with Crippen LogP contribution in [0.3, 0.4) is 0 Å².